The number of aromatic nitrogens is 1. The van der Waals surface area contributed by atoms with Crippen LogP contribution in [-0.2, 0) is 6.42 Å². The Morgan fingerprint density at radius 2 is 1.96 bits per heavy atom. The summed E-state index contributed by atoms with van der Waals surface area (Å²) < 4.78 is 5.74. The summed E-state index contributed by atoms with van der Waals surface area (Å²) in [6.45, 7) is 0.414. The second-order valence-corrected chi connectivity index (χ2v) is 7.11. The number of carbonyl (C=O) groups is 1. The molecule has 3 rings (SSSR count). The Kier molecular flexibility index (Phi) is 6.12. The van der Waals surface area contributed by atoms with Crippen LogP contribution in [0.3, 0.4) is 0 Å². The summed E-state index contributed by atoms with van der Waals surface area (Å²) in [7, 11) is 0. The highest BCUT2D eigenvalue weighted by Gasteiger charge is 2.35. The van der Waals surface area contributed by atoms with Crippen LogP contribution >= 0.6 is 11.6 Å². The fraction of sp³-hybridized carbons (Fsp3) is 0.400. The second kappa shape index (κ2) is 8.52. The lowest BCUT2D eigenvalue weighted by molar-refractivity contribution is 0.0696. The number of nitrogens with zero attached hydrogens (tertiary/aromatic N) is 1. The zero-order chi connectivity index (χ0) is 18.5. The number of halogens is 1. The predicted octanol–water partition coefficient (Wildman–Crippen LogP) is 3.83. The molecule has 138 valence electrons. The highest BCUT2D eigenvalue weighted by Crippen LogP contribution is 2.35. The molecular weight excluding hydrogens is 354 g/mol. The summed E-state index contributed by atoms with van der Waals surface area (Å²) >= 11 is 5.87. The lowest BCUT2D eigenvalue weighted by Gasteiger charge is -2.22. The molecule has 1 heterocycles. The van der Waals surface area contributed by atoms with Crippen LogP contribution in [0, 0.1) is 11.8 Å². The maximum atomic E-state index is 10.9. The zero-order valence-corrected chi connectivity index (χ0v) is 15.1. The summed E-state index contributed by atoms with van der Waals surface area (Å²) in [6, 6.07) is 12.2. The van der Waals surface area contributed by atoms with Gasteiger partial charge in [0, 0.05) is 12.0 Å². The number of aromatic carboxylic acids is 1. The molecule has 3 atom stereocenters. The van der Waals surface area contributed by atoms with Gasteiger partial charge in [-0.25, -0.2) is 9.78 Å². The number of aryl methyl sites for hydroxylation is 1. The first-order valence-corrected chi connectivity index (χ1v) is 9.16. The average Bonchev–Trinajstić information content (AvgIpc) is 2.98. The first-order valence-electron chi connectivity index (χ1n) is 8.78. The minimum Gasteiger partial charge on any atom is -0.478 e. The smallest absolute Gasteiger partial charge is 0.335 e. The Labute approximate surface area is 157 Å². The molecule has 2 aromatic rings. The Bertz CT molecular complexity index is 750. The van der Waals surface area contributed by atoms with Crippen molar-refractivity contribution >= 4 is 17.6 Å². The molecule has 0 radical (unpaired) electrons. The highest BCUT2D eigenvalue weighted by molar-refractivity contribution is 6.29. The standard InChI is InChI=1S/C20H22ClNO4/c21-18-2-1-3-19(22-18)26-12-16-14(10-11-17(16)23)7-4-13-5-8-15(9-6-13)20(24)25/h1-3,5-6,8-9,14,16-17,23H,4,7,10-12H2,(H,24,25)/t14-,16?,17+/m0/s1. The molecule has 1 aromatic carbocycles. The van der Waals surface area contributed by atoms with E-state index in [9.17, 15) is 9.90 Å². The van der Waals surface area contributed by atoms with Crippen molar-refractivity contribution in [3.8, 4) is 5.88 Å². The topological polar surface area (TPSA) is 79.7 Å². The van der Waals surface area contributed by atoms with Gasteiger partial charge in [-0.1, -0.05) is 29.8 Å². The van der Waals surface area contributed by atoms with Crippen LogP contribution in [0.15, 0.2) is 42.5 Å². The van der Waals surface area contributed by atoms with E-state index in [0.717, 1.165) is 31.2 Å². The third-order valence-corrected chi connectivity index (χ3v) is 5.26. The number of aliphatic hydroxyl groups is 1. The quantitative estimate of drug-likeness (QED) is 0.719. The first kappa shape index (κ1) is 18.7. The summed E-state index contributed by atoms with van der Waals surface area (Å²) in [5.41, 5.74) is 1.40. The van der Waals surface area contributed by atoms with Gasteiger partial charge < -0.3 is 14.9 Å². The minimum atomic E-state index is -0.915. The molecule has 26 heavy (non-hydrogen) atoms. The zero-order valence-electron chi connectivity index (χ0n) is 14.3. The maximum Gasteiger partial charge on any atom is 0.335 e. The van der Waals surface area contributed by atoms with E-state index in [1.54, 1.807) is 30.3 Å². The van der Waals surface area contributed by atoms with Crippen LogP contribution in [0.5, 0.6) is 5.88 Å². The van der Waals surface area contributed by atoms with Crippen LogP contribution in [0.4, 0.5) is 0 Å². The fourth-order valence-electron chi connectivity index (χ4n) is 3.55. The molecule has 6 heteroatoms. The van der Waals surface area contributed by atoms with Gasteiger partial charge in [-0.2, -0.15) is 0 Å². The number of pyridine rings is 1. The molecule has 1 saturated carbocycles. The SMILES string of the molecule is O=C(O)c1ccc(CC[C@H]2CC[C@@H](O)C2COc2cccc(Cl)n2)cc1. The predicted molar refractivity (Wildman–Crippen MR) is 98.7 cm³/mol. The molecule has 1 aliphatic rings. The third kappa shape index (κ3) is 4.74. The van der Waals surface area contributed by atoms with E-state index in [-0.39, 0.29) is 12.0 Å². The Balaban J connectivity index is 1.55. The Morgan fingerprint density at radius 1 is 1.19 bits per heavy atom. The van der Waals surface area contributed by atoms with E-state index in [4.69, 9.17) is 21.4 Å². The van der Waals surface area contributed by atoms with E-state index < -0.39 is 5.97 Å². The molecule has 5 nitrogen and oxygen atoms in total. The molecule has 0 aliphatic heterocycles. The minimum absolute atomic E-state index is 0.0640. The van der Waals surface area contributed by atoms with Gasteiger partial charge >= 0.3 is 5.97 Å². The van der Waals surface area contributed by atoms with E-state index in [1.807, 2.05) is 12.1 Å². The van der Waals surface area contributed by atoms with Gasteiger partial charge in [-0.05, 0) is 55.4 Å². The van der Waals surface area contributed by atoms with Crippen molar-refractivity contribution in [3.05, 3.63) is 58.7 Å². The number of carboxylic acids is 1. The molecule has 2 N–H and O–H groups in total. The van der Waals surface area contributed by atoms with Crippen molar-refractivity contribution < 1.29 is 19.7 Å². The first-order chi connectivity index (χ1) is 12.5. The lowest BCUT2D eigenvalue weighted by Crippen LogP contribution is -2.26. The van der Waals surface area contributed by atoms with Crippen molar-refractivity contribution in [2.75, 3.05) is 6.61 Å². The highest BCUT2D eigenvalue weighted by atomic mass is 35.5. The molecule has 0 bridgehead atoms. The molecular formula is C20H22ClNO4. The Morgan fingerprint density at radius 3 is 2.65 bits per heavy atom. The van der Waals surface area contributed by atoms with E-state index >= 15 is 0 Å². The van der Waals surface area contributed by atoms with Crippen molar-refractivity contribution in [2.24, 2.45) is 11.8 Å². The van der Waals surface area contributed by atoms with Gasteiger partial charge in [0.1, 0.15) is 5.15 Å². The van der Waals surface area contributed by atoms with E-state index in [1.165, 1.54) is 0 Å². The van der Waals surface area contributed by atoms with Gasteiger partial charge in [-0.3, -0.25) is 0 Å². The molecule has 0 spiro atoms. The van der Waals surface area contributed by atoms with Crippen LogP contribution in [0.25, 0.3) is 0 Å². The maximum absolute atomic E-state index is 10.9. The lowest BCUT2D eigenvalue weighted by atomic mass is 9.89. The van der Waals surface area contributed by atoms with E-state index in [2.05, 4.69) is 4.98 Å². The number of aliphatic hydroxyl groups excluding tert-OH is 1. The normalized spacial score (nSPS) is 22.3. The number of rotatable bonds is 7. The van der Waals surface area contributed by atoms with Gasteiger partial charge in [0.2, 0.25) is 5.88 Å². The van der Waals surface area contributed by atoms with Crippen LogP contribution in [0.1, 0.15) is 35.2 Å². The van der Waals surface area contributed by atoms with Gasteiger partial charge in [0.25, 0.3) is 0 Å². The average molecular weight is 376 g/mol. The van der Waals surface area contributed by atoms with Gasteiger partial charge in [0.15, 0.2) is 0 Å². The second-order valence-electron chi connectivity index (χ2n) is 6.72. The van der Waals surface area contributed by atoms with Gasteiger partial charge in [-0.15, -0.1) is 0 Å². The summed E-state index contributed by atoms with van der Waals surface area (Å²) in [5, 5.41) is 19.6. The number of benzene rings is 1. The monoisotopic (exact) mass is 375 g/mol. The summed E-state index contributed by atoms with van der Waals surface area (Å²) in [5.74, 6) is -0.0145. The van der Waals surface area contributed by atoms with Crippen molar-refractivity contribution in [2.45, 2.75) is 31.8 Å². The van der Waals surface area contributed by atoms with E-state index in [0.29, 0.717) is 29.1 Å². The van der Waals surface area contributed by atoms with Crippen molar-refractivity contribution in [1.29, 1.82) is 0 Å². The summed E-state index contributed by atoms with van der Waals surface area (Å²) in [4.78, 5) is 15.0. The molecule has 0 amide bonds. The molecule has 1 unspecified atom stereocenters. The number of carboxylic acid groups (broad SMARTS) is 1. The third-order valence-electron chi connectivity index (χ3n) is 5.05. The molecule has 0 saturated heterocycles. The van der Waals surface area contributed by atoms with Crippen LogP contribution < -0.4 is 4.74 Å². The number of ether oxygens (including phenoxy) is 1. The molecule has 1 aliphatic carbocycles. The van der Waals surface area contributed by atoms with Crippen LogP contribution in [0.2, 0.25) is 5.15 Å². The largest absolute Gasteiger partial charge is 0.478 e. The Hall–Kier alpha value is -2.11. The fourth-order valence-corrected chi connectivity index (χ4v) is 3.71. The molecule has 1 fully saturated rings. The van der Waals surface area contributed by atoms with Crippen LogP contribution in [-0.4, -0.2) is 33.9 Å². The molecule has 1 aromatic heterocycles. The number of hydrogen-bond donors (Lipinski definition) is 2. The van der Waals surface area contributed by atoms with Crippen molar-refractivity contribution in [1.82, 2.24) is 4.98 Å². The summed E-state index contributed by atoms with van der Waals surface area (Å²) in [6.07, 6.45) is 3.16. The number of hydrogen-bond acceptors (Lipinski definition) is 4. The van der Waals surface area contributed by atoms with Crippen molar-refractivity contribution in [3.63, 3.8) is 0 Å². The van der Waals surface area contributed by atoms with Gasteiger partial charge in [0.05, 0.1) is 18.3 Å².